The fourth-order valence-electron chi connectivity index (χ4n) is 1.31. The topological polar surface area (TPSA) is 24.1 Å². The number of hydrogen-bond donors (Lipinski definition) is 2. The summed E-state index contributed by atoms with van der Waals surface area (Å²) in [4.78, 5) is 0. The lowest BCUT2D eigenvalue weighted by molar-refractivity contribution is 0.634. The molecule has 1 fully saturated rings. The Bertz CT molecular complexity index is 161. The lowest BCUT2D eigenvalue weighted by Crippen LogP contribution is -2.41. The molecule has 2 nitrogen and oxygen atoms in total. The van der Waals surface area contributed by atoms with Crippen LogP contribution < -0.4 is 10.6 Å². The maximum atomic E-state index is 5.10. The summed E-state index contributed by atoms with van der Waals surface area (Å²) < 4.78 is 0. The molecule has 0 aromatic heterocycles. The summed E-state index contributed by atoms with van der Waals surface area (Å²) in [6, 6.07) is 0.580. The van der Waals surface area contributed by atoms with Crippen LogP contribution in [0.5, 0.6) is 0 Å². The second kappa shape index (κ2) is 4.92. The van der Waals surface area contributed by atoms with Gasteiger partial charge in [0.2, 0.25) is 0 Å². The summed E-state index contributed by atoms with van der Waals surface area (Å²) >= 11 is 7.11. The highest BCUT2D eigenvalue weighted by Crippen LogP contribution is 2.25. The minimum atomic E-state index is 0.580. The van der Waals surface area contributed by atoms with E-state index in [-0.39, 0.29) is 0 Å². The lowest BCUT2D eigenvalue weighted by Gasteiger charge is -2.14. The Morgan fingerprint density at radius 3 is 2.92 bits per heavy atom. The fourth-order valence-corrected chi connectivity index (χ4v) is 2.77. The summed E-state index contributed by atoms with van der Waals surface area (Å²) in [5.41, 5.74) is 0. The molecule has 70 valence electrons. The number of rotatable bonds is 2. The summed E-state index contributed by atoms with van der Waals surface area (Å²) in [7, 11) is 0. The van der Waals surface area contributed by atoms with E-state index in [4.69, 9.17) is 12.2 Å². The molecule has 1 aliphatic rings. The van der Waals surface area contributed by atoms with E-state index < -0.39 is 0 Å². The van der Waals surface area contributed by atoms with Crippen LogP contribution in [0.1, 0.15) is 20.3 Å². The zero-order valence-corrected chi connectivity index (χ0v) is 9.23. The number of thiocarbonyl (C=S) groups is 1. The van der Waals surface area contributed by atoms with Gasteiger partial charge in [-0.25, -0.2) is 0 Å². The summed E-state index contributed by atoms with van der Waals surface area (Å²) in [5, 5.41) is 8.00. The van der Waals surface area contributed by atoms with Crippen LogP contribution in [0.25, 0.3) is 0 Å². The van der Waals surface area contributed by atoms with E-state index in [1.54, 1.807) is 0 Å². The molecule has 0 amide bonds. The summed E-state index contributed by atoms with van der Waals surface area (Å²) in [5.74, 6) is 1.19. The third-order valence-corrected chi connectivity index (χ3v) is 3.49. The summed E-state index contributed by atoms with van der Waals surface area (Å²) in [6.07, 6.45) is 1.23. The van der Waals surface area contributed by atoms with Crippen molar-refractivity contribution in [2.75, 3.05) is 12.3 Å². The fraction of sp³-hybridized carbons (Fsp3) is 0.875. The Balaban J connectivity index is 2.18. The molecule has 1 saturated heterocycles. The number of nitrogens with one attached hydrogen (secondary N) is 2. The average Bonchev–Trinajstić information content (AvgIpc) is 2.36. The Labute approximate surface area is 83.9 Å². The Morgan fingerprint density at radius 1 is 1.67 bits per heavy atom. The monoisotopic (exact) mass is 204 g/mol. The van der Waals surface area contributed by atoms with E-state index in [0.29, 0.717) is 6.04 Å². The quantitative estimate of drug-likeness (QED) is 0.663. The van der Waals surface area contributed by atoms with Gasteiger partial charge in [0.1, 0.15) is 0 Å². The molecule has 1 aliphatic heterocycles. The van der Waals surface area contributed by atoms with Crippen molar-refractivity contribution in [2.45, 2.75) is 31.6 Å². The highest BCUT2D eigenvalue weighted by molar-refractivity contribution is 8.00. The van der Waals surface area contributed by atoms with Crippen LogP contribution in [-0.4, -0.2) is 28.7 Å². The predicted molar refractivity (Wildman–Crippen MR) is 59.7 cm³/mol. The second-order valence-electron chi connectivity index (χ2n) is 3.08. The first-order valence-electron chi connectivity index (χ1n) is 4.38. The Morgan fingerprint density at radius 2 is 2.42 bits per heavy atom. The van der Waals surface area contributed by atoms with Gasteiger partial charge in [-0.1, -0.05) is 6.92 Å². The normalized spacial score (nSPS) is 28.5. The number of hydrogen-bond acceptors (Lipinski definition) is 2. The largest absolute Gasteiger partial charge is 0.363 e. The van der Waals surface area contributed by atoms with Gasteiger partial charge in [-0.15, -0.1) is 0 Å². The first-order chi connectivity index (χ1) is 5.72. The van der Waals surface area contributed by atoms with Crippen molar-refractivity contribution in [3.8, 4) is 0 Å². The van der Waals surface area contributed by atoms with E-state index in [0.717, 1.165) is 16.9 Å². The smallest absolute Gasteiger partial charge is 0.166 e. The molecule has 0 radical (unpaired) electrons. The van der Waals surface area contributed by atoms with Crippen LogP contribution in [0.4, 0.5) is 0 Å². The van der Waals surface area contributed by atoms with E-state index in [2.05, 4.69) is 24.5 Å². The minimum Gasteiger partial charge on any atom is -0.363 e. The highest BCUT2D eigenvalue weighted by Gasteiger charge is 2.21. The van der Waals surface area contributed by atoms with Crippen LogP contribution in [0, 0.1) is 0 Å². The van der Waals surface area contributed by atoms with Crippen LogP contribution >= 0.6 is 24.0 Å². The van der Waals surface area contributed by atoms with E-state index in [1.165, 1.54) is 12.2 Å². The molecule has 2 unspecified atom stereocenters. The molecule has 0 bridgehead atoms. The van der Waals surface area contributed by atoms with E-state index in [9.17, 15) is 0 Å². The molecule has 1 heterocycles. The van der Waals surface area contributed by atoms with Gasteiger partial charge in [-0.05, 0) is 25.6 Å². The zero-order valence-electron chi connectivity index (χ0n) is 7.59. The van der Waals surface area contributed by atoms with Crippen LogP contribution in [0.2, 0.25) is 0 Å². The third kappa shape index (κ3) is 3.19. The molecule has 12 heavy (non-hydrogen) atoms. The maximum Gasteiger partial charge on any atom is 0.166 e. The molecular formula is C8H16N2S2. The molecule has 2 atom stereocenters. The molecule has 0 saturated carbocycles. The Kier molecular flexibility index (Phi) is 4.15. The molecular weight excluding hydrogens is 188 g/mol. The van der Waals surface area contributed by atoms with Gasteiger partial charge in [-0.2, -0.15) is 11.8 Å². The predicted octanol–water partition coefficient (Wildman–Crippen LogP) is 1.36. The minimum absolute atomic E-state index is 0.580. The maximum absolute atomic E-state index is 5.10. The van der Waals surface area contributed by atoms with E-state index >= 15 is 0 Å². The van der Waals surface area contributed by atoms with Crippen molar-refractivity contribution in [3.05, 3.63) is 0 Å². The first-order valence-corrected chi connectivity index (χ1v) is 5.84. The molecule has 0 aromatic rings. The summed E-state index contributed by atoms with van der Waals surface area (Å²) in [6.45, 7) is 5.23. The average molecular weight is 204 g/mol. The Hall–Kier alpha value is 0.0400. The molecule has 4 heteroatoms. The molecule has 1 rings (SSSR count). The van der Waals surface area contributed by atoms with Crippen LogP contribution in [0.15, 0.2) is 0 Å². The van der Waals surface area contributed by atoms with Crippen LogP contribution in [0.3, 0.4) is 0 Å². The van der Waals surface area contributed by atoms with Gasteiger partial charge < -0.3 is 10.6 Å². The van der Waals surface area contributed by atoms with Gasteiger partial charge in [-0.3, -0.25) is 0 Å². The van der Waals surface area contributed by atoms with Gasteiger partial charge >= 0.3 is 0 Å². The standard InChI is InChI=1S/C8H16N2S2/c1-3-9-8(11)10-7-4-6(2)12-5-7/h6-7H,3-5H2,1-2H3,(H2,9,10,11). The van der Waals surface area contributed by atoms with Crippen molar-refractivity contribution < 1.29 is 0 Å². The van der Waals surface area contributed by atoms with Crippen molar-refractivity contribution in [2.24, 2.45) is 0 Å². The first kappa shape index (κ1) is 10.1. The highest BCUT2D eigenvalue weighted by atomic mass is 32.2. The van der Waals surface area contributed by atoms with Crippen molar-refractivity contribution in [3.63, 3.8) is 0 Å². The van der Waals surface area contributed by atoms with Crippen molar-refractivity contribution in [1.82, 2.24) is 10.6 Å². The third-order valence-electron chi connectivity index (χ3n) is 1.87. The van der Waals surface area contributed by atoms with Gasteiger partial charge in [0.05, 0.1) is 0 Å². The molecule has 2 N–H and O–H groups in total. The molecule has 0 spiro atoms. The van der Waals surface area contributed by atoms with Crippen molar-refractivity contribution >= 4 is 29.1 Å². The van der Waals surface area contributed by atoms with Crippen LogP contribution in [-0.2, 0) is 0 Å². The van der Waals surface area contributed by atoms with Crippen molar-refractivity contribution in [1.29, 1.82) is 0 Å². The van der Waals surface area contributed by atoms with Gasteiger partial charge in [0.15, 0.2) is 5.11 Å². The van der Waals surface area contributed by atoms with E-state index in [1.807, 2.05) is 11.8 Å². The molecule has 0 aromatic carbocycles. The van der Waals surface area contributed by atoms with Gasteiger partial charge in [0.25, 0.3) is 0 Å². The zero-order chi connectivity index (χ0) is 8.97. The lowest BCUT2D eigenvalue weighted by atomic mass is 10.2. The van der Waals surface area contributed by atoms with Gasteiger partial charge in [0, 0.05) is 23.6 Å². The second-order valence-corrected chi connectivity index (χ2v) is 4.96. The molecule has 0 aliphatic carbocycles. The number of thioether (sulfide) groups is 1. The SMILES string of the molecule is CCNC(=S)NC1CSC(C)C1.